The van der Waals surface area contributed by atoms with Crippen molar-refractivity contribution in [1.82, 2.24) is 5.32 Å². The molecule has 0 aromatic heterocycles. The van der Waals surface area contributed by atoms with Crippen LogP contribution in [0.5, 0.6) is 0 Å². The Bertz CT molecular complexity index is 221. The monoisotopic (exact) mass is 221 g/mol. The normalized spacial score (nSPS) is 35.2. The molecule has 0 radical (unpaired) electrons. The van der Waals surface area contributed by atoms with Gasteiger partial charge in [-0.25, -0.2) is 0 Å². The van der Waals surface area contributed by atoms with E-state index >= 15 is 0 Å². The number of allylic oxidation sites excluding steroid dienone is 2. The number of hydrogen-bond acceptors (Lipinski definition) is 1. The lowest BCUT2D eigenvalue weighted by atomic mass is 9.82. The van der Waals surface area contributed by atoms with Crippen molar-refractivity contribution >= 4 is 0 Å². The molecular formula is C15H27N. The van der Waals surface area contributed by atoms with Gasteiger partial charge >= 0.3 is 0 Å². The van der Waals surface area contributed by atoms with Crippen LogP contribution in [-0.4, -0.2) is 12.6 Å². The molecule has 0 saturated heterocycles. The fourth-order valence-corrected chi connectivity index (χ4v) is 3.32. The van der Waals surface area contributed by atoms with Gasteiger partial charge in [0.2, 0.25) is 0 Å². The van der Waals surface area contributed by atoms with E-state index < -0.39 is 0 Å². The standard InChI is InChI=1S/C15H27N/c1-2-14-10-6-7-11-15(14)16-12-13-8-4-3-5-9-13/h3-4,13-16H,2,5-12H2,1H3. The zero-order valence-corrected chi connectivity index (χ0v) is 10.8. The molecule has 92 valence electrons. The quantitative estimate of drug-likeness (QED) is 0.710. The summed E-state index contributed by atoms with van der Waals surface area (Å²) in [6.45, 7) is 3.61. The largest absolute Gasteiger partial charge is 0.313 e. The average molecular weight is 221 g/mol. The third kappa shape index (κ3) is 3.35. The van der Waals surface area contributed by atoms with Crippen molar-refractivity contribution in [2.75, 3.05) is 6.54 Å². The summed E-state index contributed by atoms with van der Waals surface area (Å²) in [6, 6.07) is 0.824. The predicted octanol–water partition coefficient (Wildman–Crippen LogP) is 3.90. The molecule has 1 fully saturated rings. The van der Waals surface area contributed by atoms with Gasteiger partial charge in [-0.15, -0.1) is 0 Å². The molecule has 1 heteroatoms. The third-order valence-electron chi connectivity index (χ3n) is 4.48. The van der Waals surface area contributed by atoms with E-state index in [1.54, 1.807) is 0 Å². The molecule has 0 aromatic carbocycles. The zero-order chi connectivity index (χ0) is 11.2. The molecule has 3 atom stereocenters. The summed E-state index contributed by atoms with van der Waals surface area (Å²) in [6.07, 6.45) is 15.8. The lowest BCUT2D eigenvalue weighted by Crippen LogP contribution is -2.40. The summed E-state index contributed by atoms with van der Waals surface area (Å²) in [5, 5.41) is 3.86. The first-order valence-electron chi connectivity index (χ1n) is 7.28. The zero-order valence-electron chi connectivity index (χ0n) is 10.8. The maximum atomic E-state index is 3.86. The van der Waals surface area contributed by atoms with Crippen LogP contribution in [0, 0.1) is 11.8 Å². The van der Waals surface area contributed by atoms with Gasteiger partial charge < -0.3 is 5.32 Å². The molecule has 0 amide bonds. The molecule has 2 rings (SSSR count). The molecule has 0 spiro atoms. The Labute approximate surface area is 101 Å². The number of hydrogen-bond donors (Lipinski definition) is 1. The lowest BCUT2D eigenvalue weighted by Gasteiger charge is -2.33. The first-order chi connectivity index (χ1) is 7.90. The fourth-order valence-electron chi connectivity index (χ4n) is 3.32. The smallest absolute Gasteiger partial charge is 0.00953 e. The van der Waals surface area contributed by atoms with Crippen molar-refractivity contribution in [1.29, 1.82) is 0 Å². The van der Waals surface area contributed by atoms with Crippen molar-refractivity contribution in [2.45, 2.75) is 64.3 Å². The highest BCUT2D eigenvalue weighted by molar-refractivity contribution is 4.91. The van der Waals surface area contributed by atoms with E-state index in [1.165, 1.54) is 57.9 Å². The second-order valence-corrected chi connectivity index (χ2v) is 5.62. The van der Waals surface area contributed by atoms with Crippen LogP contribution in [0.15, 0.2) is 12.2 Å². The molecule has 0 heterocycles. The molecule has 1 nitrogen and oxygen atoms in total. The molecule has 0 bridgehead atoms. The Morgan fingerprint density at radius 1 is 1.12 bits per heavy atom. The SMILES string of the molecule is CCC1CCCCC1NCC1CC=CCC1. The van der Waals surface area contributed by atoms with Crippen LogP contribution in [0.3, 0.4) is 0 Å². The highest BCUT2D eigenvalue weighted by atomic mass is 14.9. The van der Waals surface area contributed by atoms with E-state index in [0.29, 0.717) is 0 Å². The van der Waals surface area contributed by atoms with Crippen LogP contribution in [0.1, 0.15) is 58.3 Å². The molecule has 0 aromatic rings. The van der Waals surface area contributed by atoms with Crippen molar-refractivity contribution in [2.24, 2.45) is 11.8 Å². The van der Waals surface area contributed by atoms with Crippen molar-refractivity contribution in [3.63, 3.8) is 0 Å². The van der Waals surface area contributed by atoms with E-state index in [2.05, 4.69) is 24.4 Å². The van der Waals surface area contributed by atoms with E-state index in [1.807, 2.05) is 0 Å². The second-order valence-electron chi connectivity index (χ2n) is 5.62. The molecule has 2 aliphatic carbocycles. The minimum absolute atomic E-state index is 0.824. The van der Waals surface area contributed by atoms with Gasteiger partial charge in [0.05, 0.1) is 0 Å². The van der Waals surface area contributed by atoms with Crippen LogP contribution in [0.2, 0.25) is 0 Å². The van der Waals surface area contributed by atoms with Gasteiger partial charge in [0.1, 0.15) is 0 Å². The lowest BCUT2D eigenvalue weighted by molar-refractivity contribution is 0.243. The maximum Gasteiger partial charge on any atom is 0.00953 e. The van der Waals surface area contributed by atoms with E-state index in [4.69, 9.17) is 0 Å². The van der Waals surface area contributed by atoms with Gasteiger partial charge in [-0.3, -0.25) is 0 Å². The number of nitrogens with one attached hydrogen (secondary N) is 1. The van der Waals surface area contributed by atoms with Gasteiger partial charge in [0.15, 0.2) is 0 Å². The maximum absolute atomic E-state index is 3.86. The first-order valence-corrected chi connectivity index (χ1v) is 7.28. The molecule has 1 saturated carbocycles. The van der Waals surface area contributed by atoms with Gasteiger partial charge in [-0.2, -0.15) is 0 Å². The van der Waals surface area contributed by atoms with Crippen molar-refractivity contribution < 1.29 is 0 Å². The summed E-state index contributed by atoms with van der Waals surface area (Å²) in [5.41, 5.74) is 0. The predicted molar refractivity (Wildman–Crippen MR) is 70.5 cm³/mol. The minimum atomic E-state index is 0.824. The van der Waals surface area contributed by atoms with Crippen LogP contribution >= 0.6 is 0 Å². The minimum Gasteiger partial charge on any atom is -0.313 e. The summed E-state index contributed by atoms with van der Waals surface area (Å²) in [4.78, 5) is 0. The Balaban J connectivity index is 1.72. The molecule has 1 N–H and O–H groups in total. The molecule has 16 heavy (non-hydrogen) atoms. The third-order valence-corrected chi connectivity index (χ3v) is 4.48. The average Bonchev–Trinajstić information content (AvgIpc) is 2.38. The molecule has 2 aliphatic rings. The summed E-state index contributed by atoms with van der Waals surface area (Å²) < 4.78 is 0. The Morgan fingerprint density at radius 2 is 2.00 bits per heavy atom. The van der Waals surface area contributed by atoms with Gasteiger partial charge in [0.25, 0.3) is 0 Å². The topological polar surface area (TPSA) is 12.0 Å². The van der Waals surface area contributed by atoms with Crippen LogP contribution in [0.25, 0.3) is 0 Å². The highest BCUT2D eigenvalue weighted by Gasteiger charge is 2.23. The summed E-state index contributed by atoms with van der Waals surface area (Å²) in [5.74, 6) is 1.86. The van der Waals surface area contributed by atoms with Gasteiger partial charge in [0, 0.05) is 6.04 Å². The van der Waals surface area contributed by atoms with E-state index in [0.717, 1.165) is 17.9 Å². The Kier molecular flexibility index (Phi) is 4.90. The summed E-state index contributed by atoms with van der Waals surface area (Å²) >= 11 is 0. The highest BCUT2D eigenvalue weighted by Crippen LogP contribution is 2.27. The fraction of sp³-hybridized carbons (Fsp3) is 0.867. The van der Waals surface area contributed by atoms with Crippen molar-refractivity contribution in [3.8, 4) is 0 Å². The Hall–Kier alpha value is -0.300. The molecular weight excluding hydrogens is 194 g/mol. The van der Waals surface area contributed by atoms with E-state index in [-0.39, 0.29) is 0 Å². The van der Waals surface area contributed by atoms with Crippen LogP contribution < -0.4 is 5.32 Å². The molecule has 3 unspecified atom stereocenters. The van der Waals surface area contributed by atoms with Gasteiger partial charge in [-0.05, 0) is 50.5 Å². The van der Waals surface area contributed by atoms with Crippen molar-refractivity contribution in [3.05, 3.63) is 12.2 Å². The molecule has 0 aliphatic heterocycles. The van der Waals surface area contributed by atoms with Gasteiger partial charge in [-0.1, -0.05) is 38.3 Å². The number of rotatable bonds is 4. The first kappa shape index (κ1) is 12.2. The van der Waals surface area contributed by atoms with Crippen LogP contribution in [0.4, 0.5) is 0 Å². The summed E-state index contributed by atoms with van der Waals surface area (Å²) in [7, 11) is 0. The van der Waals surface area contributed by atoms with E-state index in [9.17, 15) is 0 Å². The Morgan fingerprint density at radius 3 is 2.75 bits per heavy atom. The van der Waals surface area contributed by atoms with Crippen LogP contribution in [-0.2, 0) is 0 Å². The second kappa shape index (κ2) is 6.44.